The Morgan fingerprint density at radius 2 is 1.75 bits per heavy atom. The lowest BCUT2D eigenvalue weighted by molar-refractivity contribution is -0.135. The summed E-state index contributed by atoms with van der Waals surface area (Å²) in [5.74, 6) is -1.19. The first-order chi connectivity index (χ1) is 35.2. The molecule has 0 spiro atoms. The van der Waals surface area contributed by atoms with E-state index in [1.165, 1.54) is 34.5 Å². The zero-order valence-electron chi connectivity index (χ0n) is 42.0. The quantitative estimate of drug-likeness (QED) is 0.0749. The third-order valence-corrected chi connectivity index (χ3v) is 16.7. The third-order valence-electron chi connectivity index (χ3n) is 16.7. The van der Waals surface area contributed by atoms with Crippen molar-refractivity contribution in [1.82, 2.24) is 39.2 Å². The number of aryl methyl sites for hydroxylation is 2. The fraction of sp³-hybridized carbons (Fsp3) is 0.527. The number of pyridine rings is 1. The molecule has 73 heavy (non-hydrogen) atoms. The molecule has 0 radical (unpaired) electrons. The van der Waals surface area contributed by atoms with Crippen molar-refractivity contribution in [2.45, 2.75) is 120 Å². The van der Waals surface area contributed by atoms with Crippen molar-refractivity contribution in [2.24, 2.45) is 7.05 Å². The molecule has 0 aliphatic carbocycles. The Morgan fingerprint density at radius 1 is 0.932 bits per heavy atom. The van der Waals surface area contributed by atoms with Gasteiger partial charge in [-0.1, -0.05) is 19.1 Å². The van der Waals surface area contributed by atoms with E-state index in [1.807, 2.05) is 17.9 Å². The standard InChI is InChI=1S/C55H65F2N9O7/c1-4-38-41(56)10-8-35-26-37(67)28-39(46(35)38)48-47(57)49-40(29-58-48)50(64-21-5-17-54(2,71)31-64)61-52(60-49)73-32-55-18-6-22-65(55)36(14-19-55)30-72-25-7-20-63-23-15-33(16-24-63)34-9-11-42-44(27-34)62(3)53(70)66(42)43-12-13-45(68)59-51(43)69/h8-11,26-29,33,36,43,67,71H,4-7,12-25,30-32H2,1-3H3,(H,59,68,69)/t36?,43?,54-,55+/m1/s1. The van der Waals surface area contributed by atoms with Crippen LogP contribution in [-0.2, 0) is 27.8 Å². The van der Waals surface area contributed by atoms with E-state index in [0.29, 0.717) is 91.0 Å². The third kappa shape index (κ3) is 9.22. The zero-order valence-corrected chi connectivity index (χ0v) is 42.0. The van der Waals surface area contributed by atoms with Crippen molar-refractivity contribution in [3.05, 3.63) is 81.9 Å². The maximum absolute atomic E-state index is 17.2. The fourth-order valence-electron chi connectivity index (χ4n) is 12.9. The number of aliphatic hydroxyl groups is 1. The minimum atomic E-state index is -0.980. The molecule has 18 heteroatoms. The fourth-order valence-corrected chi connectivity index (χ4v) is 12.9. The van der Waals surface area contributed by atoms with Crippen LogP contribution in [0.5, 0.6) is 11.8 Å². The SMILES string of the molecule is CCc1c(F)ccc2cc(O)cc(-c3ncc4c(N5CCC[C@@](C)(O)C5)nc(OC[C@@]56CCCN5C(COCCCN5CCC(c7ccc8c(c7)n(C)c(=O)n8C7CCC(=O)NC7=O)CC5)CC6)nc4c3F)c12. The van der Waals surface area contributed by atoms with Crippen molar-refractivity contribution in [1.29, 1.82) is 0 Å². The highest BCUT2D eigenvalue weighted by Crippen LogP contribution is 2.44. The first-order valence-electron chi connectivity index (χ1n) is 26.2. The number of anilines is 1. The van der Waals surface area contributed by atoms with Crippen LogP contribution >= 0.6 is 0 Å². The van der Waals surface area contributed by atoms with E-state index in [0.717, 1.165) is 76.6 Å². The van der Waals surface area contributed by atoms with Gasteiger partial charge in [-0.3, -0.25) is 33.9 Å². The maximum atomic E-state index is 17.2. The molecule has 4 atom stereocenters. The zero-order chi connectivity index (χ0) is 50.8. The summed E-state index contributed by atoms with van der Waals surface area (Å²) in [6, 6.07) is 11.6. The largest absolute Gasteiger partial charge is 0.508 e. The smallest absolute Gasteiger partial charge is 0.329 e. The van der Waals surface area contributed by atoms with Crippen LogP contribution in [0, 0.1) is 11.6 Å². The van der Waals surface area contributed by atoms with Gasteiger partial charge in [0.2, 0.25) is 11.8 Å². The van der Waals surface area contributed by atoms with Crippen molar-refractivity contribution in [2.75, 3.05) is 64.0 Å². The summed E-state index contributed by atoms with van der Waals surface area (Å²) in [5, 5.41) is 25.7. The monoisotopic (exact) mass is 1000 g/mol. The number of halogens is 2. The van der Waals surface area contributed by atoms with Gasteiger partial charge in [0.25, 0.3) is 0 Å². The molecule has 2 unspecified atom stereocenters. The molecule has 3 N–H and O–H groups in total. The second-order valence-electron chi connectivity index (χ2n) is 21.5. The van der Waals surface area contributed by atoms with Gasteiger partial charge in [0, 0.05) is 57.5 Å². The molecule has 3 aromatic carbocycles. The number of phenolic OH excluding ortho intramolecular Hbond substituents is 1. The Kier molecular flexibility index (Phi) is 13.2. The molecule has 6 aromatic rings. The number of imide groups is 1. The number of benzene rings is 3. The van der Waals surface area contributed by atoms with E-state index < -0.39 is 29.2 Å². The molecule has 5 saturated heterocycles. The van der Waals surface area contributed by atoms with E-state index >= 15 is 8.78 Å². The highest BCUT2D eigenvalue weighted by molar-refractivity contribution is 6.02. The van der Waals surface area contributed by atoms with Crippen LogP contribution in [0.2, 0.25) is 0 Å². The van der Waals surface area contributed by atoms with Gasteiger partial charge in [-0.25, -0.2) is 13.6 Å². The van der Waals surface area contributed by atoms with E-state index in [9.17, 15) is 24.6 Å². The van der Waals surface area contributed by atoms with Gasteiger partial charge >= 0.3 is 11.7 Å². The summed E-state index contributed by atoms with van der Waals surface area (Å²) in [6.45, 7) is 9.92. The number of rotatable bonds is 14. The Hall–Kier alpha value is -6.08. The van der Waals surface area contributed by atoms with Crippen LogP contribution in [0.15, 0.2) is 53.5 Å². The lowest BCUT2D eigenvalue weighted by atomic mass is 9.89. The molecule has 3 aromatic heterocycles. The number of β-amino-alcohol motifs (C(OH)–C–C–N with tert-alkyl or cyclic N) is 1. The van der Waals surface area contributed by atoms with Crippen LogP contribution in [-0.4, -0.2) is 132 Å². The average molecular weight is 1000 g/mol. The van der Waals surface area contributed by atoms with Gasteiger partial charge < -0.3 is 29.5 Å². The number of imidazole rings is 1. The topological polar surface area (TPSA) is 180 Å². The van der Waals surface area contributed by atoms with Crippen molar-refractivity contribution < 1.29 is 38.1 Å². The van der Waals surface area contributed by atoms with Gasteiger partial charge in [0.1, 0.15) is 41.2 Å². The number of hydrogen-bond acceptors (Lipinski definition) is 13. The van der Waals surface area contributed by atoms with Crippen LogP contribution in [0.4, 0.5) is 14.6 Å². The van der Waals surface area contributed by atoms with Crippen molar-refractivity contribution in [3.63, 3.8) is 0 Å². The van der Waals surface area contributed by atoms with E-state index in [1.54, 1.807) is 24.6 Å². The molecule has 16 nitrogen and oxygen atoms in total. The second kappa shape index (κ2) is 19.6. The van der Waals surface area contributed by atoms with Gasteiger partial charge in [0.15, 0.2) is 5.82 Å². The van der Waals surface area contributed by atoms with E-state index in [4.69, 9.17) is 19.4 Å². The summed E-state index contributed by atoms with van der Waals surface area (Å²) in [4.78, 5) is 58.9. The minimum absolute atomic E-state index is 0.00329. The molecule has 0 saturated carbocycles. The minimum Gasteiger partial charge on any atom is -0.508 e. The first-order valence-corrected chi connectivity index (χ1v) is 26.2. The molecular weight excluding hydrogens is 937 g/mol. The number of phenols is 1. The summed E-state index contributed by atoms with van der Waals surface area (Å²) in [7, 11) is 1.74. The first kappa shape index (κ1) is 49.1. The molecule has 11 rings (SSSR count). The lowest BCUT2D eigenvalue weighted by Crippen LogP contribution is -2.48. The summed E-state index contributed by atoms with van der Waals surface area (Å²) < 4.78 is 48.5. The number of nitrogens with one attached hydrogen (secondary N) is 1. The number of carbonyl (C=O) groups excluding carboxylic acids is 2. The number of fused-ring (bicyclic) bond motifs is 4. The number of likely N-dealkylation sites (tertiary alicyclic amines) is 1. The normalized spacial score (nSPS) is 24.3. The molecule has 5 fully saturated rings. The van der Waals surface area contributed by atoms with Crippen LogP contribution in [0.25, 0.3) is 44.0 Å². The summed E-state index contributed by atoms with van der Waals surface area (Å²) in [6.07, 6.45) is 10.5. The lowest BCUT2D eigenvalue weighted by Gasteiger charge is -2.38. The molecule has 2 amide bonds. The van der Waals surface area contributed by atoms with Gasteiger partial charge in [-0.15, -0.1) is 0 Å². The van der Waals surface area contributed by atoms with Crippen LogP contribution in [0.3, 0.4) is 0 Å². The highest BCUT2D eigenvalue weighted by Gasteiger charge is 2.50. The predicted molar refractivity (Wildman–Crippen MR) is 273 cm³/mol. The number of nitrogens with zero attached hydrogens (tertiary/aromatic N) is 8. The Labute approximate surface area is 422 Å². The molecule has 386 valence electrons. The Bertz CT molecular complexity index is 3190. The second-order valence-corrected chi connectivity index (χ2v) is 21.5. The number of hydrogen-bond donors (Lipinski definition) is 3. The maximum Gasteiger partial charge on any atom is 0.329 e. The number of ether oxygens (including phenoxy) is 2. The van der Waals surface area contributed by atoms with Crippen molar-refractivity contribution >= 4 is 50.3 Å². The van der Waals surface area contributed by atoms with Gasteiger partial charge in [-0.2, -0.15) is 9.97 Å². The molecule has 8 heterocycles. The van der Waals surface area contributed by atoms with Crippen LogP contribution < -0.4 is 20.6 Å². The number of piperidine rings is 3. The molecule has 5 aliphatic rings. The van der Waals surface area contributed by atoms with Gasteiger partial charge in [0.05, 0.1) is 34.2 Å². The average Bonchev–Trinajstić information content (AvgIpc) is 4.02. The van der Waals surface area contributed by atoms with E-state index in [-0.39, 0.29) is 64.7 Å². The van der Waals surface area contributed by atoms with E-state index in [2.05, 4.69) is 32.2 Å². The van der Waals surface area contributed by atoms with Crippen molar-refractivity contribution in [3.8, 4) is 23.0 Å². The summed E-state index contributed by atoms with van der Waals surface area (Å²) >= 11 is 0. The number of aromatic nitrogens is 5. The molecule has 5 aliphatic heterocycles. The molecular formula is C55H65F2N9O7. The number of aromatic hydroxyl groups is 1. The Balaban J connectivity index is 0.726. The summed E-state index contributed by atoms with van der Waals surface area (Å²) in [5.41, 5.74) is 1.81. The predicted octanol–water partition coefficient (Wildman–Crippen LogP) is 7.04. The number of carbonyl (C=O) groups is 2. The van der Waals surface area contributed by atoms with Crippen LogP contribution in [0.1, 0.15) is 108 Å². The Morgan fingerprint density at radius 3 is 2.55 bits per heavy atom. The molecule has 0 bridgehead atoms. The number of amides is 2. The van der Waals surface area contributed by atoms with Gasteiger partial charge in [-0.05, 0) is 155 Å². The highest BCUT2D eigenvalue weighted by atomic mass is 19.1.